The molecule has 4 amide bonds. The Kier molecular flexibility index (Phi) is 8.60. The normalized spacial score (nSPS) is 20.4. The maximum atomic E-state index is 13.7. The van der Waals surface area contributed by atoms with E-state index in [-0.39, 0.29) is 23.9 Å². The summed E-state index contributed by atoms with van der Waals surface area (Å²) in [6.45, 7) is 3.68. The minimum Gasteiger partial charge on any atom is -0.443 e. The van der Waals surface area contributed by atoms with Gasteiger partial charge >= 0.3 is 0 Å². The van der Waals surface area contributed by atoms with Crippen molar-refractivity contribution in [2.75, 3.05) is 6.54 Å². The highest BCUT2D eigenvalue weighted by Crippen LogP contribution is 2.21. The van der Waals surface area contributed by atoms with Gasteiger partial charge in [-0.1, -0.05) is 18.2 Å². The summed E-state index contributed by atoms with van der Waals surface area (Å²) in [7, 11) is 0. The van der Waals surface area contributed by atoms with E-state index in [1.54, 1.807) is 32.2 Å². The summed E-state index contributed by atoms with van der Waals surface area (Å²) in [5.41, 5.74) is 2.22. The molecule has 12 heteroatoms. The number of oxazole rings is 1. The van der Waals surface area contributed by atoms with Gasteiger partial charge in [-0.15, -0.1) is 0 Å². The third-order valence-corrected chi connectivity index (χ3v) is 7.24. The summed E-state index contributed by atoms with van der Waals surface area (Å²) in [6, 6.07) is 8.34. The molecule has 3 atom stereocenters. The molecule has 0 fully saturated rings. The van der Waals surface area contributed by atoms with Crippen molar-refractivity contribution in [2.24, 2.45) is 0 Å². The number of rotatable bonds is 4. The van der Waals surface area contributed by atoms with Crippen molar-refractivity contribution in [1.29, 1.82) is 0 Å². The van der Waals surface area contributed by atoms with Crippen LogP contribution >= 0.6 is 0 Å². The molecule has 12 nitrogen and oxygen atoms in total. The Morgan fingerprint density at radius 3 is 2.71 bits per heavy atom. The molecule has 0 radical (unpaired) electrons. The van der Waals surface area contributed by atoms with E-state index >= 15 is 0 Å². The van der Waals surface area contributed by atoms with Gasteiger partial charge in [-0.05, 0) is 56.9 Å². The lowest BCUT2D eigenvalue weighted by Gasteiger charge is -2.24. The zero-order valence-electron chi connectivity index (χ0n) is 23.4. The number of para-hydroxylation sites is 1. The summed E-state index contributed by atoms with van der Waals surface area (Å²) >= 11 is 0. The SMILES string of the molecule is Cc1oc2nc1C(=O)NCCCC[C@H](NC(=O)c1cccnc1)C(=O)N[C@H](Cc1c[nH]c3ccccc13)C(=O)N[C@@H]2C. The van der Waals surface area contributed by atoms with E-state index < -0.39 is 35.8 Å². The Morgan fingerprint density at radius 1 is 1.07 bits per heavy atom. The number of hydrogen-bond acceptors (Lipinski definition) is 7. The number of fused-ring (bicyclic) bond motifs is 3. The van der Waals surface area contributed by atoms with Gasteiger partial charge in [0.2, 0.25) is 17.7 Å². The third-order valence-electron chi connectivity index (χ3n) is 7.24. The van der Waals surface area contributed by atoms with Crippen molar-refractivity contribution >= 4 is 34.5 Å². The minimum absolute atomic E-state index is 0.156. The van der Waals surface area contributed by atoms with Crippen LogP contribution in [0.4, 0.5) is 0 Å². The highest BCUT2D eigenvalue weighted by atomic mass is 16.4. The van der Waals surface area contributed by atoms with Crippen LogP contribution in [-0.2, 0) is 16.0 Å². The first kappa shape index (κ1) is 28.5. The molecule has 2 bridgehead atoms. The smallest absolute Gasteiger partial charge is 0.273 e. The Balaban J connectivity index is 1.44. The zero-order chi connectivity index (χ0) is 29.6. The van der Waals surface area contributed by atoms with Crippen molar-refractivity contribution in [3.63, 3.8) is 0 Å². The molecule has 0 saturated carbocycles. The van der Waals surface area contributed by atoms with Gasteiger partial charge in [-0.2, -0.15) is 0 Å². The van der Waals surface area contributed by atoms with E-state index in [4.69, 9.17) is 4.42 Å². The van der Waals surface area contributed by atoms with Crippen LogP contribution in [0.25, 0.3) is 10.9 Å². The van der Waals surface area contributed by atoms with Crippen molar-refractivity contribution in [3.8, 4) is 0 Å². The van der Waals surface area contributed by atoms with Crippen LogP contribution in [0.1, 0.15) is 70.3 Å². The number of aromatic nitrogens is 3. The highest BCUT2D eigenvalue weighted by molar-refractivity contribution is 5.98. The van der Waals surface area contributed by atoms with Gasteiger partial charge in [0.1, 0.15) is 23.9 Å². The van der Waals surface area contributed by atoms with E-state index in [1.807, 2.05) is 30.5 Å². The monoisotopic (exact) mass is 571 g/mol. The first-order chi connectivity index (χ1) is 20.3. The van der Waals surface area contributed by atoms with E-state index in [9.17, 15) is 19.2 Å². The molecule has 1 aromatic carbocycles. The number of aromatic amines is 1. The van der Waals surface area contributed by atoms with E-state index in [1.165, 1.54) is 6.20 Å². The Hall–Kier alpha value is -5.00. The van der Waals surface area contributed by atoms with Crippen LogP contribution in [0, 0.1) is 6.92 Å². The predicted octanol–water partition coefficient (Wildman–Crippen LogP) is 2.48. The lowest BCUT2D eigenvalue weighted by Crippen LogP contribution is -2.54. The second kappa shape index (κ2) is 12.7. The Bertz CT molecular complexity index is 1600. The summed E-state index contributed by atoms with van der Waals surface area (Å²) < 4.78 is 5.71. The number of aryl methyl sites for hydroxylation is 1. The fourth-order valence-electron chi connectivity index (χ4n) is 4.96. The molecule has 1 aliphatic rings. The number of carbonyl (C=O) groups excluding carboxylic acids is 4. The van der Waals surface area contributed by atoms with Crippen LogP contribution in [-0.4, -0.2) is 57.2 Å². The summed E-state index contributed by atoms with van der Waals surface area (Å²) in [5, 5.41) is 12.3. The standard InChI is InChI=1S/C30H33N7O5/c1-17-30-37-25(18(2)42-30)29(41)32-13-6-5-11-23(35-26(38)19-8-7-12-31-15-19)27(39)36-24(28(40)34-17)14-20-16-33-22-10-4-3-9-21(20)22/h3-4,7-10,12,15-17,23-24,33H,5-6,11,13-14H2,1-2H3,(H,32,41)(H,34,40)(H,35,38)(H,36,39)/t17-,23+,24-/m1/s1. The molecule has 0 saturated heterocycles. The Labute approximate surface area is 242 Å². The summed E-state index contributed by atoms with van der Waals surface area (Å²) in [6.07, 6.45) is 6.34. The van der Waals surface area contributed by atoms with Crippen LogP contribution in [0.3, 0.4) is 0 Å². The fourth-order valence-corrected chi connectivity index (χ4v) is 4.96. The van der Waals surface area contributed by atoms with Gasteiger partial charge in [-0.25, -0.2) is 4.98 Å². The van der Waals surface area contributed by atoms with Gasteiger partial charge in [0.05, 0.1) is 5.56 Å². The van der Waals surface area contributed by atoms with Gasteiger partial charge < -0.3 is 30.7 Å². The maximum absolute atomic E-state index is 13.7. The number of hydrogen-bond donors (Lipinski definition) is 5. The Morgan fingerprint density at radius 2 is 1.90 bits per heavy atom. The molecule has 4 aromatic rings. The van der Waals surface area contributed by atoms with Crippen molar-refractivity contribution in [1.82, 2.24) is 36.2 Å². The van der Waals surface area contributed by atoms with Crippen LogP contribution in [0.5, 0.6) is 0 Å². The quantitative estimate of drug-likeness (QED) is 0.250. The lowest BCUT2D eigenvalue weighted by molar-refractivity contribution is -0.130. The average molecular weight is 572 g/mol. The van der Waals surface area contributed by atoms with Gasteiger partial charge in [0.25, 0.3) is 11.8 Å². The molecule has 3 aromatic heterocycles. The van der Waals surface area contributed by atoms with Crippen molar-refractivity contribution in [2.45, 2.75) is 57.7 Å². The molecule has 5 rings (SSSR count). The molecule has 0 unspecified atom stereocenters. The number of amides is 4. The fraction of sp³-hybridized carbons (Fsp3) is 0.333. The minimum atomic E-state index is -0.983. The molecule has 5 N–H and O–H groups in total. The molecular weight excluding hydrogens is 538 g/mol. The molecule has 0 spiro atoms. The van der Waals surface area contributed by atoms with Gasteiger partial charge in [0, 0.05) is 42.5 Å². The van der Waals surface area contributed by atoms with Crippen LogP contribution < -0.4 is 21.3 Å². The van der Waals surface area contributed by atoms with Gasteiger partial charge in [0.15, 0.2) is 5.69 Å². The van der Waals surface area contributed by atoms with E-state index in [2.05, 4.69) is 36.2 Å². The second-order valence-corrected chi connectivity index (χ2v) is 10.3. The highest BCUT2D eigenvalue weighted by Gasteiger charge is 2.30. The lowest BCUT2D eigenvalue weighted by atomic mass is 10.0. The molecule has 218 valence electrons. The van der Waals surface area contributed by atoms with Crippen molar-refractivity contribution in [3.05, 3.63) is 83.5 Å². The van der Waals surface area contributed by atoms with Crippen LogP contribution in [0.2, 0.25) is 0 Å². The molecule has 42 heavy (non-hydrogen) atoms. The summed E-state index contributed by atoms with van der Waals surface area (Å²) in [5.74, 6) is -1.28. The molecular formula is C30H33N7O5. The molecule has 0 aliphatic carbocycles. The summed E-state index contributed by atoms with van der Waals surface area (Å²) in [4.78, 5) is 64.5. The predicted molar refractivity (Wildman–Crippen MR) is 153 cm³/mol. The number of nitrogens with one attached hydrogen (secondary N) is 5. The van der Waals surface area contributed by atoms with E-state index in [0.717, 1.165) is 16.5 Å². The molecule has 4 heterocycles. The first-order valence-electron chi connectivity index (χ1n) is 13.9. The average Bonchev–Trinajstić information content (AvgIpc) is 3.59. The molecule has 1 aliphatic heterocycles. The van der Waals surface area contributed by atoms with Gasteiger partial charge in [-0.3, -0.25) is 24.2 Å². The number of nitrogens with zero attached hydrogens (tertiary/aromatic N) is 2. The van der Waals surface area contributed by atoms with Crippen LogP contribution in [0.15, 0.2) is 59.4 Å². The topological polar surface area (TPSA) is 171 Å². The second-order valence-electron chi connectivity index (χ2n) is 10.3. The number of pyridine rings is 1. The van der Waals surface area contributed by atoms with E-state index in [0.29, 0.717) is 37.1 Å². The zero-order valence-corrected chi connectivity index (χ0v) is 23.4. The number of benzene rings is 1. The largest absolute Gasteiger partial charge is 0.443 e. The third kappa shape index (κ3) is 6.48. The maximum Gasteiger partial charge on any atom is 0.273 e. The first-order valence-corrected chi connectivity index (χ1v) is 13.9. The van der Waals surface area contributed by atoms with Crippen molar-refractivity contribution < 1.29 is 23.6 Å². The number of H-pyrrole nitrogens is 1. The number of carbonyl (C=O) groups is 4.